The van der Waals surface area contributed by atoms with Crippen LogP contribution in [0.25, 0.3) is 11.2 Å². The van der Waals surface area contributed by atoms with Crippen LogP contribution in [0.5, 0.6) is 0 Å². The summed E-state index contributed by atoms with van der Waals surface area (Å²) in [6.07, 6.45) is 7.63. The number of aromatic nitrogens is 4. The molecule has 0 atom stereocenters. The topological polar surface area (TPSA) is 120 Å². The van der Waals surface area contributed by atoms with E-state index < -0.39 is 29.6 Å². The molecule has 3 aromatic rings. The number of amides is 2. The first kappa shape index (κ1) is 22.5. The highest BCUT2D eigenvalue weighted by molar-refractivity contribution is 5.89. The van der Waals surface area contributed by atoms with Crippen molar-refractivity contribution in [3.05, 3.63) is 87.4 Å². The third-order valence-corrected chi connectivity index (χ3v) is 4.69. The van der Waals surface area contributed by atoms with Crippen molar-refractivity contribution in [2.24, 2.45) is 0 Å². The summed E-state index contributed by atoms with van der Waals surface area (Å²) >= 11 is 0. The number of carbonyl (C=O) groups is 2. The van der Waals surface area contributed by atoms with E-state index >= 15 is 0 Å². The minimum Gasteiger partial charge on any atom is -0.325 e. The van der Waals surface area contributed by atoms with E-state index in [1.165, 1.54) is 23.0 Å². The molecule has 0 unspecified atom stereocenters. The molecule has 0 fully saturated rings. The number of hydrazine groups is 1. The number of nitrogens with zero attached hydrogens (tertiary/aromatic N) is 4. The van der Waals surface area contributed by atoms with E-state index in [4.69, 9.17) is 0 Å². The maximum Gasteiger partial charge on any atom is 0.333 e. The van der Waals surface area contributed by atoms with Crippen LogP contribution in [0.15, 0.2) is 70.6 Å². The van der Waals surface area contributed by atoms with E-state index in [1.54, 1.807) is 23.6 Å². The van der Waals surface area contributed by atoms with Gasteiger partial charge in [-0.2, -0.15) is 0 Å². The van der Waals surface area contributed by atoms with Gasteiger partial charge in [-0.3, -0.25) is 29.8 Å². The molecule has 0 saturated heterocycles. The predicted octanol–water partition coefficient (Wildman–Crippen LogP) is 0.708. The molecule has 3 rings (SSSR count). The van der Waals surface area contributed by atoms with Crippen LogP contribution < -0.4 is 22.1 Å². The van der Waals surface area contributed by atoms with Gasteiger partial charge >= 0.3 is 5.69 Å². The molecule has 10 heteroatoms. The van der Waals surface area contributed by atoms with Crippen LogP contribution in [0.4, 0.5) is 0 Å². The van der Waals surface area contributed by atoms with Crippen LogP contribution in [0.2, 0.25) is 0 Å². The van der Waals surface area contributed by atoms with Gasteiger partial charge in [0, 0.05) is 12.6 Å². The second kappa shape index (κ2) is 10.2. The zero-order valence-corrected chi connectivity index (χ0v) is 17.8. The van der Waals surface area contributed by atoms with Crippen LogP contribution in [-0.4, -0.2) is 30.5 Å². The molecule has 2 N–H and O–H groups in total. The summed E-state index contributed by atoms with van der Waals surface area (Å²) in [7, 11) is 0. The average Bonchev–Trinajstić information content (AvgIpc) is 3.23. The molecule has 0 radical (unpaired) electrons. The van der Waals surface area contributed by atoms with Crippen LogP contribution >= 0.6 is 0 Å². The van der Waals surface area contributed by atoms with E-state index in [-0.39, 0.29) is 17.7 Å². The standard InChI is InChI=1S/C22H24N6O4/c1-3-5-7-12-17(29)24-25-18(30)14-28-21(31)19-20(23-15-26(19)4-2)27(22(28)32)13-16-10-8-6-9-11-16/h3,5-12,15H,4,13-14H2,1-2H3,(H,24,29)(H,25,30). The van der Waals surface area contributed by atoms with Crippen molar-refractivity contribution < 1.29 is 9.59 Å². The summed E-state index contributed by atoms with van der Waals surface area (Å²) in [6, 6.07) is 9.27. The summed E-state index contributed by atoms with van der Waals surface area (Å²) in [5.41, 5.74) is 4.46. The fourth-order valence-corrected chi connectivity index (χ4v) is 3.14. The molecular formula is C22H24N6O4. The summed E-state index contributed by atoms with van der Waals surface area (Å²) in [6.45, 7) is 3.74. The van der Waals surface area contributed by atoms with Crippen LogP contribution in [0, 0.1) is 0 Å². The minimum absolute atomic E-state index is 0.186. The summed E-state index contributed by atoms with van der Waals surface area (Å²) < 4.78 is 3.83. The molecule has 1 aromatic carbocycles. The number of fused-ring (bicyclic) bond motifs is 1. The Labute approximate surface area is 183 Å². The molecule has 0 aliphatic carbocycles. The summed E-state index contributed by atoms with van der Waals surface area (Å²) in [5.74, 6) is -1.27. The average molecular weight is 436 g/mol. The van der Waals surface area contributed by atoms with Gasteiger partial charge in [0.2, 0.25) is 0 Å². The van der Waals surface area contributed by atoms with E-state index in [9.17, 15) is 19.2 Å². The molecule has 0 bridgehead atoms. The van der Waals surface area contributed by atoms with Gasteiger partial charge in [0.25, 0.3) is 17.4 Å². The van der Waals surface area contributed by atoms with Crippen molar-refractivity contribution in [2.75, 3.05) is 0 Å². The largest absolute Gasteiger partial charge is 0.333 e. The predicted molar refractivity (Wildman–Crippen MR) is 120 cm³/mol. The summed E-state index contributed by atoms with van der Waals surface area (Å²) in [4.78, 5) is 54.5. The van der Waals surface area contributed by atoms with Crippen molar-refractivity contribution in [3.63, 3.8) is 0 Å². The van der Waals surface area contributed by atoms with Crippen molar-refractivity contribution in [2.45, 2.75) is 33.5 Å². The molecule has 0 aliphatic heterocycles. The first-order valence-corrected chi connectivity index (χ1v) is 10.1. The number of rotatable bonds is 7. The monoisotopic (exact) mass is 436 g/mol. The highest BCUT2D eigenvalue weighted by Crippen LogP contribution is 2.09. The first-order chi connectivity index (χ1) is 15.5. The maximum atomic E-state index is 13.1. The lowest BCUT2D eigenvalue weighted by molar-refractivity contribution is -0.127. The van der Waals surface area contributed by atoms with Crippen LogP contribution in [0.3, 0.4) is 0 Å². The van der Waals surface area contributed by atoms with Crippen molar-refractivity contribution in [3.8, 4) is 0 Å². The van der Waals surface area contributed by atoms with Gasteiger partial charge in [0.15, 0.2) is 11.2 Å². The highest BCUT2D eigenvalue weighted by Gasteiger charge is 2.19. The third-order valence-electron chi connectivity index (χ3n) is 4.69. The lowest BCUT2D eigenvalue weighted by Crippen LogP contribution is -2.48. The van der Waals surface area contributed by atoms with Crippen LogP contribution in [-0.2, 0) is 29.2 Å². The molecule has 0 spiro atoms. The Morgan fingerprint density at radius 3 is 2.50 bits per heavy atom. The molecule has 166 valence electrons. The van der Waals surface area contributed by atoms with Crippen molar-refractivity contribution in [1.29, 1.82) is 0 Å². The Morgan fingerprint density at radius 2 is 1.81 bits per heavy atom. The molecule has 32 heavy (non-hydrogen) atoms. The number of allylic oxidation sites excluding steroid dienone is 3. The first-order valence-electron chi connectivity index (χ1n) is 10.1. The van der Waals surface area contributed by atoms with Gasteiger partial charge < -0.3 is 4.57 Å². The molecule has 2 aromatic heterocycles. The van der Waals surface area contributed by atoms with Gasteiger partial charge in [-0.05, 0) is 19.4 Å². The lowest BCUT2D eigenvalue weighted by atomic mass is 10.2. The second-order valence-corrected chi connectivity index (χ2v) is 6.87. The number of nitrogens with one attached hydrogen (secondary N) is 2. The fraction of sp³-hybridized carbons (Fsp3) is 0.227. The normalized spacial score (nSPS) is 11.4. The van der Waals surface area contributed by atoms with Gasteiger partial charge in [-0.1, -0.05) is 48.6 Å². The van der Waals surface area contributed by atoms with E-state index in [1.807, 2.05) is 37.3 Å². The molecule has 0 aliphatic rings. The Kier molecular flexibility index (Phi) is 7.17. The van der Waals surface area contributed by atoms with Crippen molar-refractivity contribution >= 4 is 23.0 Å². The van der Waals surface area contributed by atoms with E-state index in [0.717, 1.165) is 10.1 Å². The Hall–Kier alpha value is -4.21. The maximum absolute atomic E-state index is 13.1. The molecule has 10 nitrogen and oxygen atoms in total. The van der Waals surface area contributed by atoms with E-state index in [2.05, 4.69) is 15.8 Å². The Morgan fingerprint density at radius 1 is 1.06 bits per heavy atom. The highest BCUT2D eigenvalue weighted by atomic mass is 16.2. The summed E-state index contributed by atoms with van der Waals surface area (Å²) in [5, 5.41) is 0. The number of aryl methyl sites for hydroxylation is 1. The van der Waals surface area contributed by atoms with Gasteiger partial charge in [-0.15, -0.1) is 0 Å². The van der Waals surface area contributed by atoms with Gasteiger partial charge in [-0.25, -0.2) is 14.3 Å². The quantitative estimate of drug-likeness (QED) is 0.321. The lowest BCUT2D eigenvalue weighted by Gasteiger charge is -2.12. The fourth-order valence-electron chi connectivity index (χ4n) is 3.14. The second-order valence-electron chi connectivity index (χ2n) is 6.87. The molecular weight excluding hydrogens is 412 g/mol. The Balaban J connectivity index is 1.94. The van der Waals surface area contributed by atoms with E-state index in [0.29, 0.717) is 6.54 Å². The smallest absolute Gasteiger partial charge is 0.325 e. The number of hydrogen-bond donors (Lipinski definition) is 2. The van der Waals surface area contributed by atoms with Crippen LogP contribution in [0.1, 0.15) is 19.4 Å². The number of carbonyl (C=O) groups excluding carboxylic acids is 2. The third kappa shape index (κ3) is 4.91. The zero-order chi connectivity index (χ0) is 23.1. The minimum atomic E-state index is -0.717. The van der Waals surface area contributed by atoms with Gasteiger partial charge in [0.1, 0.15) is 6.54 Å². The van der Waals surface area contributed by atoms with Crippen molar-refractivity contribution in [1.82, 2.24) is 29.5 Å². The number of imidazole rings is 1. The van der Waals surface area contributed by atoms with Gasteiger partial charge in [0.05, 0.1) is 12.9 Å². The Bertz CT molecular complexity index is 1300. The zero-order valence-electron chi connectivity index (χ0n) is 17.8. The SMILES string of the molecule is CC=CC=CC(=O)NNC(=O)Cn1c(=O)c2c(ncn2CC)n(Cc2ccccc2)c1=O. The molecule has 2 heterocycles. The number of hydrogen-bond acceptors (Lipinski definition) is 5. The molecule has 2 amide bonds. The number of benzene rings is 1. The molecule has 0 saturated carbocycles.